The van der Waals surface area contributed by atoms with Crippen molar-refractivity contribution in [2.45, 2.75) is 50.3 Å². The Balaban J connectivity index is 1.08. The summed E-state index contributed by atoms with van der Waals surface area (Å²) in [7, 11) is 0. The minimum Gasteiger partial charge on any atom is -0.508 e. The number of thioether (sulfide) groups is 1. The number of aliphatic hydroxyl groups is 1. The molecule has 2 amide bonds. The first-order valence-corrected chi connectivity index (χ1v) is 18.4. The van der Waals surface area contributed by atoms with Crippen molar-refractivity contribution in [3.8, 4) is 22.6 Å². The van der Waals surface area contributed by atoms with Gasteiger partial charge in [-0.1, -0.05) is 110 Å². The Hall–Kier alpha value is -5.53. The number of phenolic OH excluding ortho intramolecular Hbond substituents is 1. The first-order chi connectivity index (χ1) is 25.9. The van der Waals surface area contributed by atoms with E-state index in [2.05, 4.69) is 51.3 Å². The van der Waals surface area contributed by atoms with Crippen LogP contribution in [0.3, 0.4) is 0 Å². The van der Waals surface area contributed by atoms with Gasteiger partial charge < -0.3 is 30.3 Å². The number of hydrogen-bond donors (Lipinski definition) is 4. The van der Waals surface area contributed by atoms with E-state index in [-0.39, 0.29) is 36.5 Å². The summed E-state index contributed by atoms with van der Waals surface area (Å²) in [6, 6.07) is 40.4. The lowest BCUT2D eigenvalue weighted by atomic mass is 9.91. The van der Waals surface area contributed by atoms with Crippen LogP contribution in [0.5, 0.6) is 5.75 Å². The molecule has 5 aromatic carbocycles. The Kier molecular flexibility index (Phi) is 11.4. The molecular formula is C41H40N6O5S. The van der Waals surface area contributed by atoms with Crippen LogP contribution in [0.25, 0.3) is 16.8 Å². The predicted molar refractivity (Wildman–Crippen MR) is 202 cm³/mol. The van der Waals surface area contributed by atoms with Gasteiger partial charge in [0.2, 0.25) is 5.16 Å². The van der Waals surface area contributed by atoms with Gasteiger partial charge in [-0.05, 0) is 80.2 Å². The fourth-order valence-corrected chi connectivity index (χ4v) is 7.29. The molecule has 12 heteroatoms. The number of nitrogens with zero attached hydrogens (tertiary/aromatic N) is 4. The van der Waals surface area contributed by atoms with Crippen LogP contribution in [0.4, 0.5) is 4.79 Å². The van der Waals surface area contributed by atoms with E-state index in [1.165, 1.54) is 11.8 Å². The summed E-state index contributed by atoms with van der Waals surface area (Å²) in [5.41, 5.74) is 7.44. The zero-order valence-electron chi connectivity index (χ0n) is 29.1. The number of aliphatic hydroxyl groups excluding tert-OH is 1. The van der Waals surface area contributed by atoms with Crippen LogP contribution < -0.4 is 10.6 Å². The van der Waals surface area contributed by atoms with Gasteiger partial charge >= 0.3 is 6.03 Å². The molecule has 1 fully saturated rings. The molecule has 270 valence electrons. The second-order valence-corrected chi connectivity index (χ2v) is 13.9. The topological polar surface area (TPSA) is 144 Å². The van der Waals surface area contributed by atoms with E-state index in [0.717, 1.165) is 44.6 Å². The van der Waals surface area contributed by atoms with Crippen LogP contribution in [0, 0.1) is 5.92 Å². The average Bonchev–Trinajstić information content (AvgIpc) is 3.68. The third-order valence-corrected chi connectivity index (χ3v) is 10.2. The average molecular weight is 729 g/mol. The third-order valence-electron chi connectivity index (χ3n) is 9.20. The second-order valence-electron chi connectivity index (χ2n) is 12.9. The van der Waals surface area contributed by atoms with Crippen molar-refractivity contribution < 1.29 is 24.5 Å². The highest BCUT2D eigenvalue weighted by molar-refractivity contribution is 7.99. The fourth-order valence-electron chi connectivity index (χ4n) is 6.24. The smallest absolute Gasteiger partial charge is 0.315 e. The third kappa shape index (κ3) is 8.93. The van der Waals surface area contributed by atoms with Crippen LogP contribution in [-0.4, -0.2) is 48.3 Å². The Morgan fingerprint density at radius 1 is 0.774 bits per heavy atom. The molecule has 0 unspecified atom stereocenters. The van der Waals surface area contributed by atoms with E-state index >= 15 is 0 Å². The van der Waals surface area contributed by atoms with E-state index in [1.807, 2.05) is 84.9 Å². The molecule has 4 atom stereocenters. The summed E-state index contributed by atoms with van der Waals surface area (Å²) in [4.78, 5) is 12.5. The number of carbonyl (C=O) groups excluding carboxylic acids is 1. The van der Waals surface area contributed by atoms with Crippen LogP contribution >= 0.6 is 11.8 Å². The van der Waals surface area contributed by atoms with Crippen LogP contribution in [0.2, 0.25) is 0 Å². The number of ether oxygens (including phenoxy) is 2. The number of phenols is 1. The minimum atomic E-state index is -0.662. The Bertz CT molecular complexity index is 2110. The van der Waals surface area contributed by atoms with Crippen molar-refractivity contribution in [1.82, 2.24) is 30.8 Å². The van der Waals surface area contributed by atoms with Crippen LogP contribution in [0.1, 0.15) is 47.1 Å². The van der Waals surface area contributed by atoms with Gasteiger partial charge in [0.05, 0.1) is 24.5 Å². The Morgan fingerprint density at radius 3 is 2.23 bits per heavy atom. The normalized spacial score (nSPS) is 18.4. The maximum absolute atomic E-state index is 12.5. The molecule has 6 aromatic rings. The molecule has 0 radical (unpaired) electrons. The lowest BCUT2D eigenvalue weighted by molar-refractivity contribution is -0.268. The number of hydrogen-bond acceptors (Lipinski definition) is 9. The lowest BCUT2D eigenvalue weighted by Crippen LogP contribution is -2.38. The Morgan fingerprint density at radius 2 is 1.47 bits per heavy atom. The van der Waals surface area contributed by atoms with Crippen molar-refractivity contribution in [2.75, 3.05) is 5.75 Å². The van der Waals surface area contributed by atoms with Gasteiger partial charge in [-0.2, -0.15) is 4.68 Å². The van der Waals surface area contributed by atoms with Gasteiger partial charge in [0.15, 0.2) is 6.29 Å². The fraction of sp³-hybridized carbons (Fsp3) is 0.220. The molecule has 53 heavy (non-hydrogen) atoms. The molecule has 1 aliphatic rings. The quantitative estimate of drug-likeness (QED) is 0.0970. The van der Waals surface area contributed by atoms with Crippen molar-refractivity contribution in [3.05, 3.63) is 155 Å². The summed E-state index contributed by atoms with van der Waals surface area (Å²) in [5.74, 6) is 0.685. The summed E-state index contributed by atoms with van der Waals surface area (Å²) in [6.07, 6.45) is -1.19. The first-order valence-electron chi connectivity index (χ1n) is 17.4. The van der Waals surface area contributed by atoms with Gasteiger partial charge in [0.25, 0.3) is 0 Å². The van der Waals surface area contributed by atoms with Gasteiger partial charge in [0.1, 0.15) is 5.75 Å². The zero-order valence-corrected chi connectivity index (χ0v) is 29.9. The highest BCUT2D eigenvalue weighted by Gasteiger charge is 2.38. The standard InChI is InChI=1S/C41H40N6O5S/c1-27-37(26-53-41-44-45-46-47(41)35-17-19-36(49)20-18-35)51-39(52-38(27)31-15-13-29(25-48)14-16-31)34-12-6-11-33(22-34)32-10-5-9-30(21-32)24-43-40(50)42-23-28-7-3-2-4-8-28/h2-22,27,37-39,48-49H,23-26H2,1H3,(H2,42,43,50)/t27-,37+,38+,39+/m0/s1. The number of tetrazole rings is 1. The summed E-state index contributed by atoms with van der Waals surface area (Å²) in [6.45, 7) is 2.92. The van der Waals surface area contributed by atoms with Crippen molar-refractivity contribution in [2.24, 2.45) is 5.92 Å². The molecule has 0 aliphatic carbocycles. The highest BCUT2D eigenvalue weighted by atomic mass is 32.2. The number of rotatable bonds is 12. The number of aromatic hydroxyl groups is 1. The molecule has 0 bridgehead atoms. The van der Waals surface area contributed by atoms with Gasteiger partial charge in [0, 0.05) is 30.3 Å². The molecule has 7 rings (SSSR count). The SMILES string of the molecule is C[C@H]1[C@@H](CSc2nnnn2-c2ccc(O)cc2)O[C@@H](c2cccc(-c3cccc(CNC(=O)NCc4ccccc4)c3)c2)O[C@H]1c1ccc(CO)cc1. The summed E-state index contributed by atoms with van der Waals surface area (Å²) >= 11 is 1.49. The molecule has 0 saturated carbocycles. The number of carbonyl (C=O) groups is 1. The molecule has 1 saturated heterocycles. The number of aromatic nitrogens is 4. The second kappa shape index (κ2) is 16.9. The lowest BCUT2D eigenvalue weighted by Gasteiger charge is -2.41. The number of amides is 2. The molecule has 1 aromatic heterocycles. The monoisotopic (exact) mass is 728 g/mol. The predicted octanol–water partition coefficient (Wildman–Crippen LogP) is 7.11. The highest BCUT2D eigenvalue weighted by Crippen LogP contribution is 2.43. The van der Waals surface area contributed by atoms with Crippen LogP contribution in [0.15, 0.2) is 133 Å². The van der Waals surface area contributed by atoms with Crippen molar-refractivity contribution in [1.29, 1.82) is 0 Å². The van der Waals surface area contributed by atoms with E-state index in [4.69, 9.17) is 9.47 Å². The largest absolute Gasteiger partial charge is 0.508 e. The molecule has 11 nitrogen and oxygen atoms in total. The van der Waals surface area contributed by atoms with Crippen molar-refractivity contribution in [3.63, 3.8) is 0 Å². The maximum Gasteiger partial charge on any atom is 0.315 e. The van der Waals surface area contributed by atoms with E-state index in [9.17, 15) is 15.0 Å². The van der Waals surface area contributed by atoms with Gasteiger partial charge in [-0.3, -0.25) is 0 Å². The molecule has 0 spiro atoms. The molecule has 4 N–H and O–H groups in total. The van der Waals surface area contributed by atoms with Gasteiger partial charge in [-0.25, -0.2) is 4.79 Å². The van der Waals surface area contributed by atoms with E-state index in [0.29, 0.717) is 24.0 Å². The number of benzene rings is 5. The number of urea groups is 1. The number of nitrogens with one attached hydrogen (secondary N) is 2. The molecule has 2 heterocycles. The Labute approximate surface area is 312 Å². The molecular weight excluding hydrogens is 689 g/mol. The summed E-state index contributed by atoms with van der Waals surface area (Å²) in [5, 5.41) is 38.2. The van der Waals surface area contributed by atoms with E-state index < -0.39 is 6.29 Å². The molecule has 1 aliphatic heterocycles. The van der Waals surface area contributed by atoms with Gasteiger partial charge in [-0.15, -0.1) is 5.10 Å². The first kappa shape index (κ1) is 35.9. The zero-order chi connectivity index (χ0) is 36.6. The van der Waals surface area contributed by atoms with E-state index in [1.54, 1.807) is 28.9 Å². The van der Waals surface area contributed by atoms with Crippen molar-refractivity contribution >= 4 is 17.8 Å². The summed E-state index contributed by atoms with van der Waals surface area (Å²) < 4.78 is 15.1. The maximum atomic E-state index is 12.5. The minimum absolute atomic E-state index is 0.0333. The van der Waals surface area contributed by atoms with Crippen LogP contribution in [-0.2, 0) is 29.2 Å².